The summed E-state index contributed by atoms with van der Waals surface area (Å²) >= 11 is 0. The van der Waals surface area contributed by atoms with Crippen LogP contribution in [0, 0.1) is 5.41 Å². The van der Waals surface area contributed by atoms with Crippen LogP contribution in [0.5, 0.6) is 0 Å². The lowest BCUT2D eigenvalue weighted by Crippen LogP contribution is -2.47. The Morgan fingerprint density at radius 3 is 2.41 bits per heavy atom. The number of ether oxygens (including phenoxy) is 1. The van der Waals surface area contributed by atoms with Crippen molar-refractivity contribution in [2.75, 3.05) is 7.11 Å². The van der Waals surface area contributed by atoms with E-state index in [2.05, 4.69) is 13.8 Å². The number of nitrogens with two attached hydrogens (primary N) is 1. The van der Waals surface area contributed by atoms with Crippen LogP contribution in [-0.2, 0) is 4.74 Å². The molecular weight excluding hydrogens is 214 g/mol. The molecule has 17 heavy (non-hydrogen) atoms. The van der Waals surface area contributed by atoms with E-state index in [1.54, 1.807) is 19.6 Å². The third-order valence-corrected chi connectivity index (χ3v) is 4.33. The van der Waals surface area contributed by atoms with Crippen molar-refractivity contribution in [3.63, 3.8) is 0 Å². The molecule has 1 unspecified atom stereocenters. The highest BCUT2D eigenvalue weighted by Crippen LogP contribution is 2.46. The minimum atomic E-state index is -0.223. The lowest BCUT2D eigenvalue weighted by Gasteiger charge is -2.45. The molecule has 1 heterocycles. The topological polar surface area (TPSA) is 48.4 Å². The highest BCUT2D eigenvalue weighted by molar-refractivity contribution is 5.17. The summed E-state index contributed by atoms with van der Waals surface area (Å²) in [6, 6.07) is 1.84. The fraction of sp³-hybridized carbons (Fsp3) is 0.714. The number of furan rings is 1. The predicted molar refractivity (Wildman–Crippen MR) is 67.6 cm³/mol. The quantitative estimate of drug-likeness (QED) is 0.877. The molecule has 1 aromatic rings. The van der Waals surface area contributed by atoms with E-state index in [0.29, 0.717) is 5.41 Å². The molecule has 3 heteroatoms. The molecule has 0 spiro atoms. The van der Waals surface area contributed by atoms with E-state index in [9.17, 15) is 0 Å². The SMILES string of the molecule is COC1(C(N)c2ccoc2)CCC(C)(C)CC1. The molecule has 1 atom stereocenters. The van der Waals surface area contributed by atoms with E-state index >= 15 is 0 Å². The maximum absolute atomic E-state index is 6.36. The largest absolute Gasteiger partial charge is 0.472 e. The fourth-order valence-electron chi connectivity index (χ4n) is 2.75. The molecule has 0 radical (unpaired) electrons. The zero-order valence-electron chi connectivity index (χ0n) is 11.0. The Bertz CT molecular complexity index is 346. The van der Waals surface area contributed by atoms with Crippen molar-refractivity contribution in [3.05, 3.63) is 24.2 Å². The maximum atomic E-state index is 6.36. The summed E-state index contributed by atoms with van der Waals surface area (Å²) in [7, 11) is 1.78. The minimum Gasteiger partial charge on any atom is -0.472 e. The Morgan fingerprint density at radius 1 is 1.29 bits per heavy atom. The Balaban J connectivity index is 2.16. The van der Waals surface area contributed by atoms with Crippen molar-refractivity contribution in [2.45, 2.75) is 51.2 Å². The number of hydrogen-bond donors (Lipinski definition) is 1. The first kappa shape index (κ1) is 12.7. The molecule has 1 saturated carbocycles. The summed E-state index contributed by atoms with van der Waals surface area (Å²) in [5.41, 5.74) is 7.59. The van der Waals surface area contributed by atoms with Crippen LogP contribution in [0.1, 0.15) is 51.1 Å². The molecular formula is C14H23NO2. The third-order valence-electron chi connectivity index (χ3n) is 4.33. The normalized spacial score (nSPS) is 24.5. The van der Waals surface area contributed by atoms with Gasteiger partial charge in [0.1, 0.15) is 0 Å². The van der Waals surface area contributed by atoms with Crippen LogP contribution in [0.25, 0.3) is 0 Å². The second-order valence-corrected chi connectivity index (χ2v) is 5.97. The van der Waals surface area contributed by atoms with Crippen LogP contribution in [0.4, 0.5) is 0 Å². The monoisotopic (exact) mass is 237 g/mol. The molecule has 0 aliphatic heterocycles. The van der Waals surface area contributed by atoms with Gasteiger partial charge in [-0.15, -0.1) is 0 Å². The molecule has 96 valence electrons. The molecule has 1 fully saturated rings. The summed E-state index contributed by atoms with van der Waals surface area (Å²) in [5.74, 6) is 0. The molecule has 2 rings (SSSR count). The van der Waals surface area contributed by atoms with Crippen LogP contribution in [-0.4, -0.2) is 12.7 Å². The van der Waals surface area contributed by atoms with Gasteiger partial charge in [-0.3, -0.25) is 0 Å². The molecule has 0 amide bonds. The molecule has 1 aliphatic rings. The second kappa shape index (κ2) is 4.46. The van der Waals surface area contributed by atoms with Crippen LogP contribution >= 0.6 is 0 Å². The molecule has 0 bridgehead atoms. The molecule has 0 saturated heterocycles. The predicted octanol–water partition coefficient (Wildman–Crippen LogP) is 3.26. The van der Waals surface area contributed by atoms with Crippen molar-refractivity contribution in [1.82, 2.24) is 0 Å². The number of rotatable bonds is 3. The van der Waals surface area contributed by atoms with Gasteiger partial charge in [0.25, 0.3) is 0 Å². The van der Waals surface area contributed by atoms with E-state index < -0.39 is 0 Å². The molecule has 1 aromatic heterocycles. The van der Waals surface area contributed by atoms with Crippen molar-refractivity contribution < 1.29 is 9.15 Å². The summed E-state index contributed by atoms with van der Waals surface area (Å²) in [6.07, 6.45) is 7.75. The maximum Gasteiger partial charge on any atom is 0.0951 e. The first-order chi connectivity index (χ1) is 7.99. The molecule has 3 nitrogen and oxygen atoms in total. The summed E-state index contributed by atoms with van der Waals surface area (Å²) in [5, 5.41) is 0. The van der Waals surface area contributed by atoms with Gasteiger partial charge in [-0.25, -0.2) is 0 Å². The molecule has 1 aliphatic carbocycles. The van der Waals surface area contributed by atoms with Crippen molar-refractivity contribution in [2.24, 2.45) is 11.1 Å². The van der Waals surface area contributed by atoms with E-state index in [0.717, 1.165) is 31.2 Å². The lowest BCUT2D eigenvalue weighted by molar-refractivity contribution is -0.0795. The summed E-state index contributed by atoms with van der Waals surface area (Å²) < 4.78 is 10.9. The van der Waals surface area contributed by atoms with Crippen molar-refractivity contribution in [3.8, 4) is 0 Å². The Kier molecular flexibility index (Phi) is 3.32. The van der Waals surface area contributed by atoms with Gasteiger partial charge in [-0.1, -0.05) is 13.8 Å². The van der Waals surface area contributed by atoms with Crippen molar-refractivity contribution >= 4 is 0 Å². The first-order valence-corrected chi connectivity index (χ1v) is 6.32. The van der Waals surface area contributed by atoms with Crippen LogP contribution in [0.3, 0.4) is 0 Å². The Morgan fingerprint density at radius 2 is 1.94 bits per heavy atom. The van der Waals surface area contributed by atoms with Gasteiger partial charge in [0.2, 0.25) is 0 Å². The van der Waals surface area contributed by atoms with E-state index in [-0.39, 0.29) is 11.6 Å². The standard InChI is InChI=1S/C14H23NO2/c1-13(2)5-7-14(16-3,8-6-13)12(15)11-4-9-17-10-11/h4,9-10,12H,5-8,15H2,1-3H3. The van der Waals surface area contributed by atoms with E-state index in [1.807, 2.05) is 6.07 Å². The van der Waals surface area contributed by atoms with Gasteiger partial charge in [-0.2, -0.15) is 0 Å². The number of hydrogen-bond acceptors (Lipinski definition) is 3. The summed E-state index contributed by atoms with van der Waals surface area (Å²) in [4.78, 5) is 0. The lowest BCUT2D eigenvalue weighted by atomic mass is 9.68. The van der Waals surface area contributed by atoms with E-state index in [1.165, 1.54) is 0 Å². The van der Waals surface area contributed by atoms with Crippen LogP contribution in [0.2, 0.25) is 0 Å². The summed E-state index contributed by atoms with van der Waals surface area (Å²) in [6.45, 7) is 4.63. The van der Waals surface area contributed by atoms with E-state index in [4.69, 9.17) is 14.9 Å². The second-order valence-electron chi connectivity index (χ2n) is 5.97. The van der Waals surface area contributed by atoms with Crippen LogP contribution in [0.15, 0.2) is 23.0 Å². The number of methoxy groups -OCH3 is 1. The van der Waals surface area contributed by atoms with Gasteiger partial charge in [0.05, 0.1) is 24.2 Å². The average Bonchev–Trinajstić information content (AvgIpc) is 2.82. The van der Waals surface area contributed by atoms with Gasteiger partial charge in [0, 0.05) is 12.7 Å². The average molecular weight is 237 g/mol. The van der Waals surface area contributed by atoms with Gasteiger partial charge >= 0.3 is 0 Å². The Labute approximate surface area is 103 Å². The highest BCUT2D eigenvalue weighted by atomic mass is 16.5. The van der Waals surface area contributed by atoms with Gasteiger partial charge in [0.15, 0.2) is 0 Å². The van der Waals surface area contributed by atoms with Crippen molar-refractivity contribution in [1.29, 1.82) is 0 Å². The molecule has 0 aromatic carbocycles. The van der Waals surface area contributed by atoms with Gasteiger partial charge in [-0.05, 0) is 37.2 Å². The first-order valence-electron chi connectivity index (χ1n) is 6.32. The molecule has 2 N–H and O–H groups in total. The highest BCUT2D eigenvalue weighted by Gasteiger charge is 2.43. The van der Waals surface area contributed by atoms with Crippen LogP contribution < -0.4 is 5.73 Å². The smallest absolute Gasteiger partial charge is 0.0951 e. The fourth-order valence-corrected chi connectivity index (χ4v) is 2.75. The van der Waals surface area contributed by atoms with Gasteiger partial charge < -0.3 is 14.9 Å². The zero-order chi connectivity index (χ0) is 12.5. The minimum absolute atomic E-state index is 0.0950. The zero-order valence-corrected chi connectivity index (χ0v) is 11.0. The Hall–Kier alpha value is -0.800. The third kappa shape index (κ3) is 2.40.